The van der Waals surface area contributed by atoms with Gasteiger partial charge in [-0.15, -0.1) is 0 Å². The van der Waals surface area contributed by atoms with Crippen LogP contribution in [0.1, 0.15) is 46.5 Å². The van der Waals surface area contributed by atoms with Crippen molar-refractivity contribution >= 4 is 15.9 Å². The summed E-state index contributed by atoms with van der Waals surface area (Å²) in [6.45, 7) is 6.95. The average Bonchev–Trinajstić information content (AvgIpc) is 2.32. The van der Waals surface area contributed by atoms with Gasteiger partial charge < -0.3 is 9.64 Å². The zero-order valence-corrected chi connectivity index (χ0v) is 14.3. The quantitative estimate of drug-likeness (QED) is 0.785. The van der Waals surface area contributed by atoms with Crippen molar-refractivity contribution in [3.63, 3.8) is 0 Å². The Labute approximate surface area is 127 Å². The minimum Gasteiger partial charge on any atom is -0.444 e. The second kappa shape index (κ2) is 5.45. The third-order valence-electron chi connectivity index (χ3n) is 4.77. The summed E-state index contributed by atoms with van der Waals surface area (Å²) in [5, 5.41) is 0. The SMILES string of the molecule is CC(C)(C)OC(=O)N1CCC2(CCC2CS(C)(=O)=O)CC1. The molecule has 21 heavy (non-hydrogen) atoms. The summed E-state index contributed by atoms with van der Waals surface area (Å²) in [6, 6.07) is 0. The van der Waals surface area contributed by atoms with Gasteiger partial charge in [-0.05, 0) is 57.8 Å². The van der Waals surface area contributed by atoms with Gasteiger partial charge in [0.05, 0.1) is 5.75 Å². The van der Waals surface area contributed by atoms with E-state index < -0.39 is 15.4 Å². The number of hydrogen-bond acceptors (Lipinski definition) is 4. The number of sulfone groups is 1. The number of ether oxygens (including phenoxy) is 1. The second-order valence-corrected chi connectivity index (χ2v) is 9.84. The van der Waals surface area contributed by atoms with Gasteiger partial charge in [-0.3, -0.25) is 0 Å². The summed E-state index contributed by atoms with van der Waals surface area (Å²) in [4.78, 5) is 13.8. The molecular formula is C15H27NO4S. The van der Waals surface area contributed by atoms with Crippen LogP contribution in [0.5, 0.6) is 0 Å². The smallest absolute Gasteiger partial charge is 0.410 e. The molecule has 0 radical (unpaired) electrons. The van der Waals surface area contributed by atoms with Crippen LogP contribution in [0.15, 0.2) is 0 Å². The summed E-state index contributed by atoms with van der Waals surface area (Å²) in [5.41, 5.74) is -0.330. The molecule has 5 nitrogen and oxygen atoms in total. The highest BCUT2D eigenvalue weighted by Gasteiger charge is 2.49. The fraction of sp³-hybridized carbons (Fsp3) is 0.933. The van der Waals surface area contributed by atoms with E-state index in [1.807, 2.05) is 20.8 Å². The summed E-state index contributed by atoms with van der Waals surface area (Å²) in [5.74, 6) is 0.563. The number of likely N-dealkylation sites (tertiary alicyclic amines) is 1. The summed E-state index contributed by atoms with van der Waals surface area (Å²) >= 11 is 0. The molecule has 0 bridgehead atoms. The van der Waals surface area contributed by atoms with Gasteiger partial charge in [0.2, 0.25) is 0 Å². The molecule has 1 saturated heterocycles. The molecule has 6 heteroatoms. The number of carbonyl (C=O) groups is 1. The fourth-order valence-electron chi connectivity index (χ4n) is 3.50. The number of nitrogens with zero attached hydrogens (tertiary/aromatic N) is 1. The largest absolute Gasteiger partial charge is 0.444 e. The van der Waals surface area contributed by atoms with Gasteiger partial charge in [0.15, 0.2) is 0 Å². The van der Waals surface area contributed by atoms with E-state index in [1.54, 1.807) is 4.90 Å². The van der Waals surface area contributed by atoms with Gasteiger partial charge in [-0.2, -0.15) is 0 Å². The number of carbonyl (C=O) groups excluding carboxylic acids is 1. The van der Waals surface area contributed by atoms with E-state index in [1.165, 1.54) is 6.26 Å². The van der Waals surface area contributed by atoms with Crippen molar-refractivity contribution in [2.24, 2.45) is 11.3 Å². The first kappa shape index (κ1) is 16.6. The Bertz CT molecular complexity index is 498. The third-order valence-corrected chi connectivity index (χ3v) is 5.78. The molecule has 1 aliphatic heterocycles. The van der Waals surface area contributed by atoms with E-state index in [-0.39, 0.29) is 17.4 Å². The van der Waals surface area contributed by atoms with Crippen molar-refractivity contribution in [3.8, 4) is 0 Å². The highest BCUT2D eigenvalue weighted by Crippen LogP contribution is 2.54. The Balaban J connectivity index is 1.90. The highest BCUT2D eigenvalue weighted by molar-refractivity contribution is 7.90. The Morgan fingerprint density at radius 1 is 1.24 bits per heavy atom. The van der Waals surface area contributed by atoms with Gasteiger partial charge in [0.25, 0.3) is 0 Å². The van der Waals surface area contributed by atoms with Crippen molar-refractivity contribution in [3.05, 3.63) is 0 Å². The number of piperidine rings is 1. The molecule has 1 spiro atoms. The number of amides is 1. The van der Waals surface area contributed by atoms with Crippen LogP contribution in [0, 0.1) is 11.3 Å². The zero-order chi connectivity index (χ0) is 15.9. The van der Waals surface area contributed by atoms with Crippen LogP contribution in [-0.2, 0) is 14.6 Å². The molecule has 1 atom stereocenters. The lowest BCUT2D eigenvalue weighted by Crippen LogP contribution is -2.52. The van der Waals surface area contributed by atoms with E-state index in [2.05, 4.69) is 0 Å². The molecule has 0 aromatic carbocycles. The van der Waals surface area contributed by atoms with Crippen molar-refractivity contribution in [1.29, 1.82) is 0 Å². The summed E-state index contributed by atoms with van der Waals surface area (Å²) in [7, 11) is -2.92. The molecule has 0 aromatic heterocycles. The Morgan fingerprint density at radius 3 is 2.19 bits per heavy atom. The molecule has 2 aliphatic rings. The van der Waals surface area contributed by atoms with Crippen LogP contribution in [-0.4, -0.2) is 50.1 Å². The summed E-state index contributed by atoms with van der Waals surface area (Å²) in [6.07, 6.45) is 4.94. The monoisotopic (exact) mass is 317 g/mol. The van der Waals surface area contributed by atoms with Crippen molar-refractivity contribution < 1.29 is 17.9 Å². The Hall–Kier alpha value is -0.780. The molecule has 0 aromatic rings. The lowest BCUT2D eigenvalue weighted by molar-refractivity contribution is -0.0340. The predicted molar refractivity (Wildman–Crippen MR) is 81.9 cm³/mol. The molecule has 1 amide bonds. The number of hydrogen-bond donors (Lipinski definition) is 0. The minimum atomic E-state index is -2.92. The molecule has 2 rings (SSSR count). The Morgan fingerprint density at radius 2 is 1.81 bits per heavy atom. The maximum atomic E-state index is 12.0. The molecular weight excluding hydrogens is 290 g/mol. The molecule has 0 N–H and O–H groups in total. The standard InChI is InChI=1S/C15H27NO4S/c1-14(2,3)20-13(17)16-9-7-15(8-10-16)6-5-12(15)11-21(4,18)19/h12H,5-11H2,1-4H3. The zero-order valence-electron chi connectivity index (χ0n) is 13.5. The molecule has 122 valence electrons. The van der Waals surface area contributed by atoms with Gasteiger partial charge in [-0.25, -0.2) is 13.2 Å². The van der Waals surface area contributed by atoms with Crippen LogP contribution in [0.25, 0.3) is 0 Å². The first-order valence-corrected chi connectivity index (χ1v) is 9.73. The van der Waals surface area contributed by atoms with E-state index in [0.29, 0.717) is 18.8 Å². The van der Waals surface area contributed by atoms with E-state index in [9.17, 15) is 13.2 Å². The van der Waals surface area contributed by atoms with Crippen LogP contribution in [0.4, 0.5) is 4.79 Å². The second-order valence-electron chi connectivity index (χ2n) is 7.66. The Kier molecular flexibility index (Phi) is 4.30. The van der Waals surface area contributed by atoms with Crippen LogP contribution >= 0.6 is 0 Å². The number of rotatable bonds is 2. The van der Waals surface area contributed by atoms with Crippen LogP contribution in [0.2, 0.25) is 0 Å². The fourth-order valence-corrected chi connectivity index (χ4v) is 4.75. The summed E-state index contributed by atoms with van der Waals surface area (Å²) < 4.78 is 28.4. The van der Waals surface area contributed by atoms with Gasteiger partial charge in [0, 0.05) is 19.3 Å². The van der Waals surface area contributed by atoms with Crippen LogP contribution in [0.3, 0.4) is 0 Å². The van der Waals surface area contributed by atoms with Gasteiger partial charge in [0.1, 0.15) is 15.4 Å². The topological polar surface area (TPSA) is 63.7 Å². The lowest BCUT2D eigenvalue weighted by Gasteiger charge is -2.53. The van der Waals surface area contributed by atoms with Crippen molar-refractivity contribution in [2.45, 2.75) is 52.1 Å². The molecule has 1 unspecified atom stereocenters. The van der Waals surface area contributed by atoms with Crippen molar-refractivity contribution in [1.82, 2.24) is 4.90 Å². The first-order chi connectivity index (χ1) is 9.51. The van der Waals surface area contributed by atoms with E-state index in [0.717, 1.165) is 25.7 Å². The first-order valence-electron chi connectivity index (χ1n) is 7.66. The van der Waals surface area contributed by atoms with E-state index >= 15 is 0 Å². The molecule has 1 aliphatic carbocycles. The molecule has 1 heterocycles. The van der Waals surface area contributed by atoms with Gasteiger partial charge >= 0.3 is 6.09 Å². The van der Waals surface area contributed by atoms with Crippen LogP contribution < -0.4 is 0 Å². The van der Waals surface area contributed by atoms with Crippen molar-refractivity contribution in [2.75, 3.05) is 25.1 Å². The lowest BCUT2D eigenvalue weighted by atomic mass is 9.56. The normalized spacial score (nSPS) is 25.5. The highest BCUT2D eigenvalue weighted by atomic mass is 32.2. The van der Waals surface area contributed by atoms with E-state index in [4.69, 9.17) is 4.74 Å². The molecule has 2 fully saturated rings. The average molecular weight is 317 g/mol. The molecule has 1 saturated carbocycles. The predicted octanol–water partition coefficient (Wildman–Crippen LogP) is 2.46. The minimum absolute atomic E-state index is 0.140. The maximum Gasteiger partial charge on any atom is 0.410 e. The third kappa shape index (κ3) is 4.11. The maximum absolute atomic E-state index is 12.0. The van der Waals surface area contributed by atoms with Gasteiger partial charge in [-0.1, -0.05) is 0 Å².